The van der Waals surface area contributed by atoms with Gasteiger partial charge in [0.25, 0.3) is 0 Å². The van der Waals surface area contributed by atoms with Crippen LogP contribution >= 0.6 is 0 Å². The molecule has 0 saturated carbocycles. The molecule has 2 rings (SSSR count). The highest BCUT2D eigenvalue weighted by atomic mass is 16.5. The predicted octanol–water partition coefficient (Wildman–Crippen LogP) is 0.765. The lowest BCUT2D eigenvalue weighted by Gasteiger charge is -2.24. The third-order valence-electron chi connectivity index (χ3n) is 3.47. The number of carbonyl (C=O) groups is 2. The Morgan fingerprint density at radius 1 is 1.40 bits per heavy atom. The third-order valence-corrected chi connectivity index (χ3v) is 3.47. The number of amides is 1. The number of carbonyl (C=O) groups excluding carboxylic acids is 2. The van der Waals surface area contributed by atoms with Crippen molar-refractivity contribution < 1.29 is 14.3 Å². The average molecular weight is 276 g/mol. The van der Waals surface area contributed by atoms with Gasteiger partial charge in [0, 0.05) is 19.6 Å². The number of ether oxygens (including phenoxy) is 1. The molecule has 5 heteroatoms. The van der Waals surface area contributed by atoms with E-state index >= 15 is 0 Å². The number of nitrogens with one attached hydrogen (secondary N) is 1. The van der Waals surface area contributed by atoms with Crippen LogP contribution in [0.15, 0.2) is 30.3 Å². The Labute approximate surface area is 118 Å². The van der Waals surface area contributed by atoms with Crippen molar-refractivity contribution in [1.29, 1.82) is 0 Å². The number of hydrogen-bond donors (Lipinski definition) is 1. The van der Waals surface area contributed by atoms with Crippen molar-refractivity contribution in [3.8, 4) is 0 Å². The summed E-state index contributed by atoms with van der Waals surface area (Å²) in [5.41, 5.74) is 0.920. The van der Waals surface area contributed by atoms with Crippen LogP contribution in [0.4, 0.5) is 0 Å². The highest BCUT2D eigenvalue weighted by molar-refractivity contribution is 5.79. The van der Waals surface area contributed by atoms with Gasteiger partial charge in [0.2, 0.25) is 5.91 Å². The molecule has 1 saturated heterocycles. The van der Waals surface area contributed by atoms with Crippen LogP contribution in [0.3, 0.4) is 0 Å². The van der Waals surface area contributed by atoms with Crippen LogP contribution in [0.2, 0.25) is 0 Å². The monoisotopic (exact) mass is 276 g/mol. The second-order valence-corrected chi connectivity index (χ2v) is 4.93. The summed E-state index contributed by atoms with van der Waals surface area (Å²) >= 11 is 0. The van der Waals surface area contributed by atoms with Crippen molar-refractivity contribution in [3.63, 3.8) is 0 Å². The fourth-order valence-electron chi connectivity index (χ4n) is 2.43. The molecule has 0 aliphatic carbocycles. The summed E-state index contributed by atoms with van der Waals surface area (Å²) in [7, 11) is 1.40. The third kappa shape index (κ3) is 3.81. The van der Waals surface area contributed by atoms with Crippen LogP contribution in [-0.2, 0) is 14.3 Å². The summed E-state index contributed by atoms with van der Waals surface area (Å²) in [6.45, 7) is 2.34. The molecule has 1 N–H and O–H groups in total. The Hall–Kier alpha value is -1.88. The number of esters is 1. The van der Waals surface area contributed by atoms with E-state index in [9.17, 15) is 9.59 Å². The molecule has 1 aromatic carbocycles. The summed E-state index contributed by atoms with van der Waals surface area (Å²) in [6, 6.07) is 9.55. The molecular weight excluding hydrogens is 256 g/mol. The van der Waals surface area contributed by atoms with E-state index in [2.05, 4.69) is 5.32 Å². The summed E-state index contributed by atoms with van der Waals surface area (Å²) < 4.78 is 4.90. The lowest BCUT2D eigenvalue weighted by atomic mass is 9.98. The minimum atomic E-state index is -0.355. The minimum absolute atomic E-state index is 0.0131. The van der Waals surface area contributed by atoms with Crippen molar-refractivity contribution >= 4 is 11.9 Å². The molecule has 0 radical (unpaired) electrons. The van der Waals surface area contributed by atoms with Gasteiger partial charge in [-0.2, -0.15) is 0 Å². The molecule has 1 atom stereocenters. The summed E-state index contributed by atoms with van der Waals surface area (Å²) in [6.07, 6.45) is 0.897. The molecule has 1 unspecified atom stereocenters. The zero-order chi connectivity index (χ0) is 14.4. The Morgan fingerprint density at radius 2 is 2.15 bits per heavy atom. The number of benzene rings is 1. The summed E-state index contributed by atoms with van der Waals surface area (Å²) in [4.78, 5) is 25.6. The fourth-order valence-corrected chi connectivity index (χ4v) is 2.43. The average Bonchev–Trinajstić information content (AvgIpc) is 2.69. The van der Waals surface area contributed by atoms with Gasteiger partial charge in [0.15, 0.2) is 0 Å². The molecule has 108 valence electrons. The van der Waals surface area contributed by atoms with Gasteiger partial charge >= 0.3 is 5.97 Å². The Morgan fingerprint density at radius 3 is 2.85 bits per heavy atom. The van der Waals surface area contributed by atoms with Gasteiger partial charge in [0.1, 0.15) is 0 Å². The van der Waals surface area contributed by atoms with E-state index in [4.69, 9.17) is 4.74 Å². The first-order valence-corrected chi connectivity index (χ1v) is 6.82. The second-order valence-electron chi connectivity index (χ2n) is 4.93. The van der Waals surface area contributed by atoms with Crippen LogP contribution in [0, 0.1) is 0 Å². The smallest absolute Gasteiger partial charge is 0.314 e. The van der Waals surface area contributed by atoms with E-state index in [1.54, 1.807) is 0 Å². The largest absolute Gasteiger partial charge is 0.469 e. The number of hydrogen-bond acceptors (Lipinski definition) is 4. The Kier molecular flexibility index (Phi) is 5.12. The molecule has 0 bridgehead atoms. The molecule has 1 fully saturated rings. The van der Waals surface area contributed by atoms with E-state index in [-0.39, 0.29) is 17.8 Å². The quantitative estimate of drug-likeness (QED) is 0.825. The summed E-state index contributed by atoms with van der Waals surface area (Å²) in [5, 5.41) is 2.83. The SMILES string of the molecule is COC(=O)C(CN1CCCNC(=O)C1)c1ccccc1. The van der Waals surface area contributed by atoms with Crippen molar-refractivity contribution in [2.24, 2.45) is 0 Å². The first-order valence-electron chi connectivity index (χ1n) is 6.82. The van der Waals surface area contributed by atoms with E-state index in [1.165, 1.54) is 7.11 Å². The molecule has 20 heavy (non-hydrogen) atoms. The molecule has 1 aliphatic heterocycles. The van der Waals surface area contributed by atoms with Gasteiger partial charge in [-0.15, -0.1) is 0 Å². The predicted molar refractivity (Wildman–Crippen MR) is 75.3 cm³/mol. The Balaban J connectivity index is 2.11. The van der Waals surface area contributed by atoms with Crippen LogP contribution in [0.25, 0.3) is 0 Å². The van der Waals surface area contributed by atoms with Gasteiger partial charge in [-0.05, 0) is 12.0 Å². The van der Waals surface area contributed by atoms with E-state index < -0.39 is 0 Å². The number of rotatable bonds is 4. The second kappa shape index (κ2) is 7.05. The number of nitrogens with zero attached hydrogens (tertiary/aromatic N) is 1. The van der Waals surface area contributed by atoms with Gasteiger partial charge in [0.05, 0.1) is 19.6 Å². The van der Waals surface area contributed by atoms with Crippen LogP contribution in [0.1, 0.15) is 17.9 Å². The highest BCUT2D eigenvalue weighted by Gasteiger charge is 2.26. The lowest BCUT2D eigenvalue weighted by molar-refractivity contribution is -0.143. The standard InChI is InChI=1S/C15H20N2O3/c1-20-15(19)13(12-6-3-2-4-7-12)10-17-9-5-8-16-14(18)11-17/h2-4,6-7,13H,5,8-11H2,1H3,(H,16,18). The minimum Gasteiger partial charge on any atom is -0.469 e. The molecule has 1 aliphatic rings. The normalized spacial score (nSPS) is 17.9. The molecule has 1 aromatic rings. The number of methoxy groups -OCH3 is 1. The van der Waals surface area contributed by atoms with Gasteiger partial charge in [-0.1, -0.05) is 30.3 Å². The molecule has 0 aromatic heterocycles. The maximum Gasteiger partial charge on any atom is 0.314 e. The zero-order valence-corrected chi connectivity index (χ0v) is 11.7. The molecule has 1 heterocycles. The van der Waals surface area contributed by atoms with E-state index in [1.807, 2.05) is 35.2 Å². The molecule has 5 nitrogen and oxygen atoms in total. The van der Waals surface area contributed by atoms with Crippen LogP contribution in [0.5, 0.6) is 0 Å². The van der Waals surface area contributed by atoms with Gasteiger partial charge < -0.3 is 10.1 Å². The Bertz CT molecular complexity index is 461. The molecular formula is C15H20N2O3. The first-order chi connectivity index (χ1) is 9.70. The highest BCUT2D eigenvalue weighted by Crippen LogP contribution is 2.19. The van der Waals surface area contributed by atoms with Crippen LogP contribution < -0.4 is 5.32 Å². The molecule has 0 spiro atoms. The van der Waals surface area contributed by atoms with Crippen LogP contribution in [-0.4, -0.2) is 50.1 Å². The van der Waals surface area contributed by atoms with Crippen molar-refractivity contribution in [3.05, 3.63) is 35.9 Å². The topological polar surface area (TPSA) is 58.6 Å². The maximum absolute atomic E-state index is 12.0. The fraction of sp³-hybridized carbons (Fsp3) is 0.467. The van der Waals surface area contributed by atoms with Gasteiger partial charge in [-0.3, -0.25) is 14.5 Å². The van der Waals surface area contributed by atoms with Crippen molar-refractivity contribution in [2.75, 3.05) is 33.3 Å². The maximum atomic E-state index is 12.0. The first kappa shape index (κ1) is 14.5. The molecule has 1 amide bonds. The van der Waals surface area contributed by atoms with E-state index in [0.717, 1.165) is 18.5 Å². The lowest BCUT2D eigenvalue weighted by Crippen LogP contribution is -2.37. The zero-order valence-electron chi connectivity index (χ0n) is 11.7. The van der Waals surface area contributed by atoms with E-state index in [0.29, 0.717) is 19.6 Å². The summed E-state index contributed by atoms with van der Waals surface area (Å²) in [5.74, 6) is -0.605. The van der Waals surface area contributed by atoms with Crippen molar-refractivity contribution in [1.82, 2.24) is 10.2 Å². The van der Waals surface area contributed by atoms with Crippen molar-refractivity contribution in [2.45, 2.75) is 12.3 Å². The van der Waals surface area contributed by atoms with Gasteiger partial charge in [-0.25, -0.2) is 0 Å².